The molecule has 0 atom stereocenters. The average Bonchev–Trinajstić information content (AvgIpc) is 2.98. The third-order valence-electron chi connectivity index (χ3n) is 6.52. The molecule has 1 saturated carbocycles. The van der Waals surface area contributed by atoms with Gasteiger partial charge in [-0.3, -0.25) is 9.59 Å². The van der Waals surface area contributed by atoms with Crippen LogP contribution in [0.5, 0.6) is 0 Å². The molecule has 166 valence electrons. The van der Waals surface area contributed by atoms with E-state index in [1.807, 2.05) is 17.7 Å². The molecule has 1 aromatic heterocycles. The zero-order valence-corrected chi connectivity index (χ0v) is 18.3. The standard InChI is InChI=1S/C24H30FN3O3/c1-13-12-28(19-10-24(2,3)11-20(30)21(13)19)15-8-17(25)22(23(26)31)18(9-15)27-14-4-6-16(29)7-5-14/h8-9,12,14,16,27,29H,4-7,10-11H2,1-3H3,(H2,26,31). The van der Waals surface area contributed by atoms with Crippen LogP contribution in [-0.2, 0) is 6.42 Å². The molecule has 2 aromatic rings. The van der Waals surface area contributed by atoms with Crippen molar-refractivity contribution in [1.29, 1.82) is 0 Å². The van der Waals surface area contributed by atoms with Crippen LogP contribution in [0.3, 0.4) is 0 Å². The summed E-state index contributed by atoms with van der Waals surface area (Å²) in [4.78, 5) is 24.8. The number of fused-ring (bicyclic) bond motifs is 1. The molecule has 4 rings (SSSR count). The van der Waals surface area contributed by atoms with Gasteiger partial charge in [0.1, 0.15) is 5.82 Å². The van der Waals surface area contributed by atoms with Gasteiger partial charge in [0, 0.05) is 29.9 Å². The van der Waals surface area contributed by atoms with Gasteiger partial charge in [0.05, 0.1) is 23.0 Å². The third-order valence-corrected chi connectivity index (χ3v) is 6.52. The number of benzene rings is 1. The Bertz CT molecular complexity index is 1050. The maximum atomic E-state index is 15.1. The summed E-state index contributed by atoms with van der Waals surface area (Å²) in [5.74, 6) is -1.41. The minimum Gasteiger partial charge on any atom is -0.393 e. The number of amides is 1. The fourth-order valence-electron chi connectivity index (χ4n) is 5.04. The maximum Gasteiger partial charge on any atom is 0.253 e. The number of hydrogen-bond acceptors (Lipinski definition) is 4. The fraction of sp³-hybridized carbons (Fsp3) is 0.500. The van der Waals surface area contributed by atoms with Gasteiger partial charge in [0.15, 0.2) is 5.78 Å². The van der Waals surface area contributed by atoms with Crippen molar-refractivity contribution in [3.05, 3.63) is 46.5 Å². The summed E-state index contributed by atoms with van der Waals surface area (Å²) in [6.45, 7) is 6.01. The van der Waals surface area contributed by atoms with Crippen molar-refractivity contribution in [3.8, 4) is 5.69 Å². The number of Topliss-reactive ketones (excluding diaryl/α,β-unsaturated/α-hetero) is 1. The maximum absolute atomic E-state index is 15.1. The van der Waals surface area contributed by atoms with Crippen LogP contribution in [0.1, 0.15) is 77.9 Å². The van der Waals surface area contributed by atoms with Gasteiger partial charge in [-0.05, 0) is 62.1 Å². The lowest BCUT2D eigenvalue weighted by atomic mass is 9.75. The SMILES string of the molecule is Cc1cn(-c2cc(F)c(C(N)=O)c(NC3CCC(O)CC3)c2)c2c1C(=O)CC(C)(C)C2. The lowest BCUT2D eigenvalue weighted by Gasteiger charge is -2.30. The average molecular weight is 428 g/mol. The summed E-state index contributed by atoms with van der Waals surface area (Å²) in [6.07, 6.45) is 5.51. The zero-order valence-electron chi connectivity index (χ0n) is 18.3. The summed E-state index contributed by atoms with van der Waals surface area (Å²) >= 11 is 0. The fourth-order valence-corrected chi connectivity index (χ4v) is 5.04. The number of primary amides is 1. The number of aryl methyl sites for hydroxylation is 1. The van der Waals surface area contributed by atoms with Gasteiger partial charge in [-0.2, -0.15) is 0 Å². The molecule has 1 amide bonds. The minimum absolute atomic E-state index is 0.0250. The number of carbonyl (C=O) groups is 2. The number of nitrogens with zero attached hydrogens (tertiary/aromatic N) is 1. The first kappa shape index (κ1) is 21.6. The van der Waals surface area contributed by atoms with Gasteiger partial charge in [-0.15, -0.1) is 0 Å². The molecule has 0 bridgehead atoms. The number of ketones is 1. The molecule has 6 nitrogen and oxygen atoms in total. The molecule has 1 heterocycles. The third kappa shape index (κ3) is 4.11. The molecular formula is C24H30FN3O3. The quantitative estimate of drug-likeness (QED) is 0.689. The summed E-state index contributed by atoms with van der Waals surface area (Å²) in [5.41, 5.74) is 8.51. The number of hydrogen-bond donors (Lipinski definition) is 3. The van der Waals surface area contributed by atoms with Crippen molar-refractivity contribution < 1.29 is 19.1 Å². The van der Waals surface area contributed by atoms with Crippen molar-refractivity contribution in [2.24, 2.45) is 11.1 Å². The van der Waals surface area contributed by atoms with Crippen molar-refractivity contribution in [1.82, 2.24) is 4.57 Å². The molecule has 2 aliphatic carbocycles. The summed E-state index contributed by atoms with van der Waals surface area (Å²) in [5, 5.41) is 13.0. The number of nitrogens with one attached hydrogen (secondary N) is 1. The van der Waals surface area contributed by atoms with Crippen LogP contribution < -0.4 is 11.1 Å². The highest BCUT2D eigenvalue weighted by Gasteiger charge is 2.35. The number of aliphatic hydroxyl groups is 1. The summed E-state index contributed by atoms with van der Waals surface area (Å²) < 4.78 is 16.9. The molecule has 1 fully saturated rings. The smallest absolute Gasteiger partial charge is 0.253 e. The molecule has 31 heavy (non-hydrogen) atoms. The number of halogens is 1. The molecule has 7 heteroatoms. The van der Waals surface area contributed by atoms with Crippen molar-refractivity contribution in [2.45, 2.75) is 71.4 Å². The molecule has 4 N–H and O–H groups in total. The number of aliphatic hydroxyl groups excluding tert-OH is 1. The second-order valence-corrected chi connectivity index (χ2v) is 9.81. The van der Waals surface area contributed by atoms with E-state index in [1.165, 1.54) is 6.07 Å². The number of anilines is 1. The van der Waals surface area contributed by atoms with Crippen LogP contribution in [0, 0.1) is 18.2 Å². The molecule has 0 aliphatic heterocycles. The van der Waals surface area contributed by atoms with E-state index in [-0.39, 0.29) is 28.9 Å². The van der Waals surface area contributed by atoms with Gasteiger partial charge in [-0.1, -0.05) is 13.8 Å². The van der Waals surface area contributed by atoms with E-state index < -0.39 is 11.7 Å². The molecule has 0 unspecified atom stereocenters. The summed E-state index contributed by atoms with van der Waals surface area (Å²) in [6, 6.07) is 3.07. The Kier molecular flexibility index (Phi) is 5.41. The van der Waals surface area contributed by atoms with Gasteiger partial charge < -0.3 is 20.7 Å². The van der Waals surface area contributed by atoms with Crippen LogP contribution in [0.2, 0.25) is 0 Å². The van der Waals surface area contributed by atoms with E-state index >= 15 is 4.39 Å². The number of carbonyl (C=O) groups excluding carboxylic acids is 2. The van der Waals surface area contributed by atoms with Gasteiger partial charge in [-0.25, -0.2) is 4.39 Å². The van der Waals surface area contributed by atoms with E-state index in [2.05, 4.69) is 19.2 Å². The Hall–Kier alpha value is -2.67. The highest BCUT2D eigenvalue weighted by atomic mass is 19.1. The minimum atomic E-state index is -0.829. The normalized spacial score (nSPS) is 22.8. The van der Waals surface area contributed by atoms with Gasteiger partial charge in [0.25, 0.3) is 5.91 Å². The lowest BCUT2D eigenvalue weighted by molar-refractivity contribution is 0.0909. The topological polar surface area (TPSA) is 97.3 Å². The molecule has 0 spiro atoms. The van der Waals surface area contributed by atoms with Crippen molar-refractivity contribution in [2.75, 3.05) is 5.32 Å². The lowest BCUT2D eigenvalue weighted by Crippen LogP contribution is -2.30. The zero-order chi connectivity index (χ0) is 22.5. The van der Waals surface area contributed by atoms with Crippen LogP contribution >= 0.6 is 0 Å². The van der Waals surface area contributed by atoms with Crippen LogP contribution in [0.15, 0.2) is 18.3 Å². The number of nitrogens with two attached hydrogens (primary N) is 1. The first-order valence-electron chi connectivity index (χ1n) is 10.9. The second kappa shape index (κ2) is 7.79. The van der Waals surface area contributed by atoms with Crippen molar-refractivity contribution in [3.63, 3.8) is 0 Å². The van der Waals surface area contributed by atoms with E-state index in [9.17, 15) is 14.7 Å². The Morgan fingerprint density at radius 2 is 1.90 bits per heavy atom. The van der Waals surface area contributed by atoms with E-state index in [1.54, 1.807) is 6.07 Å². The summed E-state index contributed by atoms with van der Waals surface area (Å²) in [7, 11) is 0. The first-order chi connectivity index (χ1) is 14.6. The van der Waals surface area contributed by atoms with E-state index in [0.717, 1.165) is 29.7 Å². The van der Waals surface area contributed by atoms with E-state index in [0.29, 0.717) is 37.1 Å². The molecule has 0 saturated heterocycles. The monoisotopic (exact) mass is 427 g/mol. The molecular weight excluding hydrogens is 397 g/mol. The second-order valence-electron chi connectivity index (χ2n) is 9.81. The van der Waals surface area contributed by atoms with E-state index in [4.69, 9.17) is 5.73 Å². The van der Waals surface area contributed by atoms with Crippen LogP contribution in [-0.4, -0.2) is 33.5 Å². The molecule has 2 aliphatic rings. The number of aromatic nitrogens is 1. The van der Waals surface area contributed by atoms with Crippen LogP contribution in [0.4, 0.5) is 10.1 Å². The van der Waals surface area contributed by atoms with Crippen molar-refractivity contribution >= 4 is 17.4 Å². The highest BCUT2D eigenvalue weighted by molar-refractivity contribution is 6.01. The largest absolute Gasteiger partial charge is 0.393 e. The van der Waals surface area contributed by atoms with Crippen LogP contribution in [0.25, 0.3) is 5.69 Å². The number of rotatable bonds is 4. The van der Waals surface area contributed by atoms with Gasteiger partial charge in [0.2, 0.25) is 0 Å². The highest BCUT2D eigenvalue weighted by Crippen LogP contribution is 2.39. The molecule has 1 aromatic carbocycles. The first-order valence-corrected chi connectivity index (χ1v) is 10.9. The Morgan fingerprint density at radius 3 is 2.55 bits per heavy atom. The Morgan fingerprint density at radius 1 is 1.23 bits per heavy atom. The molecule has 0 radical (unpaired) electrons. The Labute approximate surface area is 181 Å². The predicted octanol–water partition coefficient (Wildman–Crippen LogP) is 3.89. The Balaban J connectivity index is 1.79. The predicted molar refractivity (Wildman–Crippen MR) is 117 cm³/mol. The van der Waals surface area contributed by atoms with Gasteiger partial charge >= 0.3 is 0 Å².